The quantitative estimate of drug-likeness (QED) is 0.662. The van der Waals surface area contributed by atoms with Crippen molar-refractivity contribution in [2.45, 2.75) is 6.10 Å². The van der Waals surface area contributed by atoms with Gasteiger partial charge < -0.3 is 15.1 Å². The summed E-state index contributed by atoms with van der Waals surface area (Å²) >= 11 is 3.27. The molecule has 3 aromatic rings. The van der Waals surface area contributed by atoms with Crippen LogP contribution in [0, 0.1) is 11.6 Å². The molecule has 7 heteroatoms. The maximum atomic E-state index is 13.8. The number of hydrogen-bond acceptors (Lipinski definition) is 2. The van der Waals surface area contributed by atoms with Crippen molar-refractivity contribution in [2.75, 3.05) is 0 Å². The Balaban J connectivity index is 2.14. The summed E-state index contributed by atoms with van der Waals surface area (Å²) < 4.78 is 27.2. The number of benzene rings is 2. The molecule has 0 amide bonds. The number of halogens is 3. The van der Waals surface area contributed by atoms with E-state index >= 15 is 0 Å². The molecule has 1 aromatic heterocycles. The van der Waals surface area contributed by atoms with E-state index in [1.54, 1.807) is 6.07 Å². The highest BCUT2D eigenvalue weighted by Gasteiger charge is 2.19. The average Bonchev–Trinajstić information content (AvgIpc) is 2.76. The van der Waals surface area contributed by atoms with Crippen LogP contribution >= 0.6 is 15.9 Å². The van der Waals surface area contributed by atoms with Gasteiger partial charge in [0.25, 0.3) is 0 Å². The first-order valence-electron chi connectivity index (χ1n) is 6.00. The standard InChI is InChI=1S/C14H9BrF2N2O2/c15-9-5-12-11(18-14(21)19-12)4-8(9)13(20)7-2-1-6(16)3-10(7)17/h1-5,13,20H,(H2,18,19,21). The molecule has 0 aliphatic carbocycles. The largest absolute Gasteiger partial charge is 0.384 e. The highest BCUT2D eigenvalue weighted by molar-refractivity contribution is 9.10. The zero-order chi connectivity index (χ0) is 15.1. The zero-order valence-corrected chi connectivity index (χ0v) is 12.0. The van der Waals surface area contributed by atoms with Crippen LogP contribution in [-0.4, -0.2) is 15.1 Å². The van der Waals surface area contributed by atoms with Gasteiger partial charge in [-0.3, -0.25) is 0 Å². The highest BCUT2D eigenvalue weighted by Crippen LogP contribution is 2.32. The van der Waals surface area contributed by atoms with Gasteiger partial charge in [-0.25, -0.2) is 13.6 Å². The van der Waals surface area contributed by atoms with E-state index in [2.05, 4.69) is 25.9 Å². The number of rotatable bonds is 2. The lowest BCUT2D eigenvalue weighted by atomic mass is 10.0. The molecule has 1 heterocycles. The number of fused-ring (bicyclic) bond motifs is 1. The minimum absolute atomic E-state index is 0.0469. The van der Waals surface area contributed by atoms with E-state index in [9.17, 15) is 18.7 Å². The predicted octanol–water partition coefficient (Wildman–Crippen LogP) is 2.98. The normalized spacial score (nSPS) is 12.8. The monoisotopic (exact) mass is 354 g/mol. The van der Waals surface area contributed by atoms with Crippen LogP contribution in [0.15, 0.2) is 39.6 Å². The van der Waals surface area contributed by atoms with Gasteiger partial charge in [0.05, 0.1) is 11.0 Å². The van der Waals surface area contributed by atoms with E-state index in [-0.39, 0.29) is 11.3 Å². The lowest BCUT2D eigenvalue weighted by molar-refractivity contribution is 0.214. The van der Waals surface area contributed by atoms with Gasteiger partial charge >= 0.3 is 5.69 Å². The van der Waals surface area contributed by atoms with E-state index in [0.717, 1.165) is 6.07 Å². The molecule has 2 aromatic carbocycles. The third-order valence-electron chi connectivity index (χ3n) is 3.18. The van der Waals surface area contributed by atoms with E-state index in [4.69, 9.17) is 0 Å². The van der Waals surface area contributed by atoms with Crippen LogP contribution in [0.25, 0.3) is 11.0 Å². The smallest absolute Gasteiger partial charge is 0.323 e. The van der Waals surface area contributed by atoms with Gasteiger partial charge in [0.2, 0.25) is 0 Å². The number of aliphatic hydroxyl groups is 1. The summed E-state index contributed by atoms with van der Waals surface area (Å²) in [6.45, 7) is 0. The first-order valence-corrected chi connectivity index (χ1v) is 6.79. The molecule has 3 N–H and O–H groups in total. The number of aromatic amines is 2. The fourth-order valence-corrected chi connectivity index (χ4v) is 2.73. The second-order valence-corrected chi connectivity index (χ2v) is 5.42. The first kappa shape index (κ1) is 14.0. The molecule has 0 bridgehead atoms. The van der Waals surface area contributed by atoms with Crippen LogP contribution in [0.2, 0.25) is 0 Å². The van der Waals surface area contributed by atoms with Crippen molar-refractivity contribution >= 4 is 27.0 Å². The second kappa shape index (κ2) is 5.09. The number of aliphatic hydroxyl groups excluding tert-OH is 1. The highest BCUT2D eigenvalue weighted by atomic mass is 79.9. The molecule has 0 saturated heterocycles. The molecule has 4 nitrogen and oxygen atoms in total. The summed E-state index contributed by atoms with van der Waals surface area (Å²) in [6, 6.07) is 6.11. The summed E-state index contributed by atoms with van der Waals surface area (Å²) in [7, 11) is 0. The van der Waals surface area contributed by atoms with Crippen LogP contribution in [-0.2, 0) is 0 Å². The fraction of sp³-hybridized carbons (Fsp3) is 0.0714. The lowest BCUT2D eigenvalue weighted by Crippen LogP contribution is -2.04. The van der Waals surface area contributed by atoms with Gasteiger partial charge in [0.1, 0.15) is 17.7 Å². The summed E-state index contributed by atoms with van der Waals surface area (Å²) in [5.41, 5.74) is 0.983. The van der Waals surface area contributed by atoms with Gasteiger partial charge in [-0.15, -0.1) is 0 Å². The third-order valence-corrected chi connectivity index (χ3v) is 3.87. The van der Waals surface area contributed by atoms with Gasteiger partial charge in [-0.1, -0.05) is 22.0 Å². The molecule has 0 saturated carbocycles. The topological polar surface area (TPSA) is 68.9 Å². The van der Waals surface area contributed by atoms with Gasteiger partial charge in [-0.05, 0) is 18.2 Å². The minimum atomic E-state index is -1.29. The molecule has 1 atom stereocenters. The number of imidazole rings is 1. The van der Waals surface area contributed by atoms with Crippen LogP contribution in [0.5, 0.6) is 0 Å². The fourth-order valence-electron chi connectivity index (χ4n) is 2.17. The summed E-state index contributed by atoms with van der Waals surface area (Å²) in [5, 5.41) is 10.3. The molecule has 21 heavy (non-hydrogen) atoms. The molecule has 3 rings (SSSR count). The zero-order valence-electron chi connectivity index (χ0n) is 10.5. The Kier molecular flexibility index (Phi) is 3.38. The summed E-state index contributed by atoms with van der Waals surface area (Å²) in [6.07, 6.45) is -1.29. The van der Waals surface area contributed by atoms with E-state index in [1.165, 1.54) is 12.1 Å². The Morgan fingerprint density at radius 3 is 2.38 bits per heavy atom. The maximum Gasteiger partial charge on any atom is 0.323 e. The second-order valence-electron chi connectivity index (χ2n) is 4.57. The minimum Gasteiger partial charge on any atom is -0.384 e. The molecular formula is C14H9BrF2N2O2. The lowest BCUT2D eigenvalue weighted by Gasteiger charge is -2.14. The molecule has 108 valence electrons. The summed E-state index contributed by atoms with van der Waals surface area (Å²) in [4.78, 5) is 16.4. The van der Waals surface area contributed by atoms with Crippen molar-refractivity contribution in [2.24, 2.45) is 0 Å². The Hall–Kier alpha value is -1.99. The predicted molar refractivity (Wildman–Crippen MR) is 77.0 cm³/mol. The van der Waals surface area contributed by atoms with Gasteiger partial charge in [-0.2, -0.15) is 0 Å². The Bertz CT molecular complexity index is 888. The van der Waals surface area contributed by atoms with Crippen molar-refractivity contribution in [3.8, 4) is 0 Å². The Labute approximate surface area is 125 Å². The van der Waals surface area contributed by atoms with E-state index in [1.807, 2.05) is 0 Å². The molecule has 1 unspecified atom stereocenters. The van der Waals surface area contributed by atoms with Crippen LogP contribution in [0.4, 0.5) is 8.78 Å². The number of nitrogens with one attached hydrogen (secondary N) is 2. The van der Waals surface area contributed by atoms with Crippen molar-refractivity contribution in [3.63, 3.8) is 0 Å². The molecular weight excluding hydrogens is 346 g/mol. The molecule has 0 radical (unpaired) electrons. The first-order chi connectivity index (χ1) is 9.95. The Morgan fingerprint density at radius 2 is 1.71 bits per heavy atom. The number of aromatic nitrogens is 2. The molecule has 0 spiro atoms. The number of H-pyrrole nitrogens is 2. The van der Waals surface area contributed by atoms with Crippen molar-refractivity contribution in [1.29, 1.82) is 0 Å². The SMILES string of the molecule is O=c1[nH]c2cc(Br)c(C(O)c3ccc(F)cc3F)cc2[nH]1. The Morgan fingerprint density at radius 1 is 1.05 bits per heavy atom. The van der Waals surface area contributed by atoms with E-state index < -0.39 is 17.7 Å². The molecule has 0 aliphatic heterocycles. The average molecular weight is 355 g/mol. The van der Waals surface area contributed by atoms with Crippen LogP contribution in [0.3, 0.4) is 0 Å². The van der Waals surface area contributed by atoms with Gasteiger partial charge in [0, 0.05) is 21.7 Å². The van der Waals surface area contributed by atoms with Crippen molar-refractivity contribution in [3.05, 3.63) is 68.1 Å². The van der Waals surface area contributed by atoms with Crippen molar-refractivity contribution < 1.29 is 13.9 Å². The maximum absolute atomic E-state index is 13.8. The summed E-state index contributed by atoms with van der Waals surface area (Å²) in [5.74, 6) is -1.55. The molecule has 0 aliphatic rings. The van der Waals surface area contributed by atoms with E-state index in [0.29, 0.717) is 27.1 Å². The van der Waals surface area contributed by atoms with Gasteiger partial charge in [0.15, 0.2) is 0 Å². The van der Waals surface area contributed by atoms with Crippen LogP contribution < -0.4 is 5.69 Å². The van der Waals surface area contributed by atoms with Crippen LogP contribution in [0.1, 0.15) is 17.2 Å². The number of hydrogen-bond donors (Lipinski definition) is 3. The third kappa shape index (κ3) is 2.50. The molecule has 0 fully saturated rings. The van der Waals surface area contributed by atoms with Crippen molar-refractivity contribution in [1.82, 2.24) is 9.97 Å².